The van der Waals surface area contributed by atoms with Gasteiger partial charge in [0.05, 0.1) is 12.0 Å². The number of carboxylic acids is 2. The molecular weight excluding hydrogens is 468 g/mol. The Hall–Kier alpha value is -2.06. The number of nitrogens with one attached hydrogen (secondary N) is 2. The van der Waals surface area contributed by atoms with Crippen molar-refractivity contribution in [3.8, 4) is 0 Å². The summed E-state index contributed by atoms with van der Waals surface area (Å²) in [7, 11) is 0. The van der Waals surface area contributed by atoms with E-state index in [1.165, 1.54) is 12.1 Å². The van der Waals surface area contributed by atoms with Gasteiger partial charge < -0.3 is 36.3 Å². The quantitative estimate of drug-likeness (QED) is 0.284. The summed E-state index contributed by atoms with van der Waals surface area (Å²) in [5.74, 6) is -4.10. The van der Waals surface area contributed by atoms with Gasteiger partial charge in [-0.05, 0) is 49.0 Å². The topological polar surface area (TPSA) is 221 Å². The summed E-state index contributed by atoms with van der Waals surface area (Å²) in [5, 5.41) is 26.3. The van der Waals surface area contributed by atoms with Crippen LogP contribution in [0.5, 0.6) is 0 Å². The molecule has 0 saturated heterocycles. The van der Waals surface area contributed by atoms with Crippen LogP contribution in [0.15, 0.2) is 46.0 Å². The monoisotopic (exact) mass is 489 g/mol. The predicted octanol–water partition coefficient (Wildman–Crippen LogP) is -9.46. The number of hydrogen-bond donors (Lipinski definition) is 3. The average molecular weight is 489 g/mol. The van der Waals surface area contributed by atoms with Gasteiger partial charge in [-0.2, -0.15) is 4.99 Å². The molecule has 2 amide bonds. The smallest absolute Gasteiger partial charge is 0.550 e. The fraction of sp³-hybridized carbons (Fsp3) is 0.300. The minimum atomic E-state index is -1.57. The Balaban J connectivity index is 0.00000363. The third kappa shape index (κ3) is 8.31. The van der Waals surface area contributed by atoms with E-state index in [-0.39, 0.29) is 88.4 Å². The van der Waals surface area contributed by atoms with Gasteiger partial charge in [-0.3, -0.25) is 14.9 Å². The number of carbonyl (C=O) groups excluding carboxylic acids is 4. The standard InChI is InChI=1S/C20H21N5O6.2Na.H2O/c21-20-24-16-15(18(29)25-20)12(9-22-16)6-3-10-1-4-11(5-2-10)17(28)23-13(19(30)31)7-8-14(26)27;;;/h1-2,4-5,9,13,15H,3,6-8H2,(H,23,28)(H,26,27)(H,30,31)(H3,21,22,24,25,29);;;1H2/q;2*+1;/p-2. The minimum absolute atomic E-state index is 0. The molecule has 34 heavy (non-hydrogen) atoms. The number of rotatable bonds is 9. The Labute approximate surface area is 239 Å². The maximum absolute atomic E-state index is 12.2. The fourth-order valence-corrected chi connectivity index (χ4v) is 3.27. The van der Waals surface area contributed by atoms with E-state index in [1.807, 2.05) is 0 Å². The van der Waals surface area contributed by atoms with Crippen molar-refractivity contribution in [3.63, 3.8) is 0 Å². The molecule has 3 rings (SSSR count). The van der Waals surface area contributed by atoms with Crippen molar-refractivity contribution < 1.29 is 94.0 Å². The van der Waals surface area contributed by atoms with E-state index in [0.717, 1.165) is 11.1 Å². The molecule has 6 N–H and O–H groups in total. The van der Waals surface area contributed by atoms with Gasteiger partial charge in [-0.25, -0.2) is 4.99 Å². The molecule has 2 heterocycles. The Morgan fingerprint density at radius 1 is 1.12 bits per heavy atom. The number of aryl methyl sites for hydroxylation is 1. The van der Waals surface area contributed by atoms with Gasteiger partial charge in [0.2, 0.25) is 11.9 Å². The van der Waals surface area contributed by atoms with Crippen molar-refractivity contribution in [2.24, 2.45) is 21.6 Å². The summed E-state index contributed by atoms with van der Waals surface area (Å²) in [5.41, 5.74) is 7.43. The van der Waals surface area contributed by atoms with Crippen LogP contribution in [-0.2, 0) is 20.8 Å². The number of carbonyl (C=O) groups is 4. The number of aliphatic imine (C=N–C) groups is 2. The van der Waals surface area contributed by atoms with Crippen LogP contribution >= 0.6 is 0 Å². The predicted molar refractivity (Wildman–Crippen MR) is 108 cm³/mol. The van der Waals surface area contributed by atoms with Crippen LogP contribution in [0.3, 0.4) is 0 Å². The number of benzene rings is 1. The number of carboxylic acid groups (broad SMARTS) is 2. The Bertz CT molecular complexity index is 1020. The summed E-state index contributed by atoms with van der Waals surface area (Å²) in [6.45, 7) is 0. The van der Waals surface area contributed by atoms with Crippen LogP contribution in [0.1, 0.15) is 35.2 Å². The molecule has 2 atom stereocenters. The first-order chi connectivity index (χ1) is 14.7. The number of amides is 2. The average Bonchev–Trinajstić information content (AvgIpc) is 3.12. The second-order valence-corrected chi connectivity index (χ2v) is 7.06. The van der Waals surface area contributed by atoms with Gasteiger partial charge in [-0.1, -0.05) is 12.1 Å². The van der Waals surface area contributed by atoms with E-state index in [0.29, 0.717) is 18.7 Å². The largest absolute Gasteiger partial charge is 1.00 e. The number of guanidine groups is 1. The molecule has 2 aliphatic rings. The van der Waals surface area contributed by atoms with Crippen molar-refractivity contribution in [1.82, 2.24) is 10.6 Å². The van der Waals surface area contributed by atoms with Crippen LogP contribution in [0.4, 0.5) is 0 Å². The van der Waals surface area contributed by atoms with Crippen molar-refractivity contribution in [2.75, 3.05) is 0 Å². The van der Waals surface area contributed by atoms with E-state index in [2.05, 4.69) is 20.6 Å². The first-order valence-corrected chi connectivity index (χ1v) is 9.46. The van der Waals surface area contributed by atoms with Crippen molar-refractivity contribution >= 4 is 35.5 Å². The molecule has 0 aliphatic carbocycles. The maximum atomic E-state index is 12.2. The van der Waals surface area contributed by atoms with Crippen LogP contribution in [-0.4, -0.2) is 47.1 Å². The normalized spacial score (nSPS) is 16.5. The van der Waals surface area contributed by atoms with E-state index in [4.69, 9.17) is 5.73 Å². The van der Waals surface area contributed by atoms with Crippen molar-refractivity contribution in [1.29, 1.82) is 0 Å². The molecule has 2 aliphatic heterocycles. The van der Waals surface area contributed by atoms with E-state index in [9.17, 15) is 29.4 Å². The van der Waals surface area contributed by atoms with Gasteiger partial charge in [0.25, 0.3) is 5.91 Å². The van der Waals surface area contributed by atoms with E-state index < -0.39 is 36.2 Å². The van der Waals surface area contributed by atoms with Crippen molar-refractivity contribution in [2.45, 2.75) is 31.7 Å². The molecule has 0 radical (unpaired) electrons. The van der Waals surface area contributed by atoms with E-state index in [1.54, 1.807) is 18.3 Å². The number of amidine groups is 1. The summed E-state index contributed by atoms with van der Waals surface area (Å²) >= 11 is 0. The zero-order chi connectivity index (χ0) is 22.5. The molecule has 170 valence electrons. The summed E-state index contributed by atoms with van der Waals surface area (Å²) in [6.07, 6.45) is 1.87. The summed E-state index contributed by atoms with van der Waals surface area (Å²) < 4.78 is 0. The first kappa shape index (κ1) is 31.9. The fourth-order valence-electron chi connectivity index (χ4n) is 3.27. The molecule has 1 aromatic carbocycles. The van der Waals surface area contributed by atoms with Crippen molar-refractivity contribution in [3.05, 3.63) is 47.2 Å². The van der Waals surface area contributed by atoms with Gasteiger partial charge in [0.1, 0.15) is 11.8 Å². The zero-order valence-electron chi connectivity index (χ0n) is 18.8. The maximum Gasteiger partial charge on any atom is 1.00 e. The summed E-state index contributed by atoms with van der Waals surface area (Å²) in [6, 6.07) is 5.03. The molecule has 14 heteroatoms. The van der Waals surface area contributed by atoms with Crippen LogP contribution in [0, 0.1) is 5.92 Å². The minimum Gasteiger partial charge on any atom is -0.550 e. The van der Waals surface area contributed by atoms with Crippen LogP contribution in [0.25, 0.3) is 0 Å². The third-order valence-corrected chi connectivity index (χ3v) is 4.89. The first-order valence-electron chi connectivity index (χ1n) is 9.46. The molecule has 2 unspecified atom stereocenters. The van der Waals surface area contributed by atoms with Crippen LogP contribution < -0.4 is 85.7 Å². The second-order valence-electron chi connectivity index (χ2n) is 7.06. The molecular formula is C20H21N5Na2O7. The van der Waals surface area contributed by atoms with E-state index >= 15 is 0 Å². The molecule has 12 nitrogen and oxygen atoms in total. The SMILES string of the molecule is NC1=NC2=NC=C(CCc3ccc(C(=O)NC(CCC(=O)[O-])C(=O)[O-])cc3)C2C(=O)N1.O.[Na+].[Na+]. The Kier molecular flexibility index (Phi) is 13.5. The molecule has 0 bridgehead atoms. The second kappa shape index (κ2) is 14.4. The molecule has 0 aromatic heterocycles. The number of hydrogen-bond acceptors (Lipinski definition) is 9. The molecule has 0 spiro atoms. The third-order valence-electron chi connectivity index (χ3n) is 4.89. The van der Waals surface area contributed by atoms with Crippen LogP contribution in [0.2, 0.25) is 0 Å². The molecule has 1 aromatic rings. The number of nitrogens with zero attached hydrogens (tertiary/aromatic N) is 2. The van der Waals surface area contributed by atoms with Gasteiger partial charge in [0.15, 0.2) is 0 Å². The zero-order valence-corrected chi connectivity index (χ0v) is 22.8. The Morgan fingerprint density at radius 2 is 1.76 bits per heavy atom. The van der Waals surface area contributed by atoms with Gasteiger partial charge in [-0.15, -0.1) is 0 Å². The Morgan fingerprint density at radius 3 is 2.35 bits per heavy atom. The molecule has 0 saturated carbocycles. The van der Waals surface area contributed by atoms with Gasteiger partial charge >= 0.3 is 59.1 Å². The number of nitrogens with two attached hydrogens (primary N) is 1. The van der Waals surface area contributed by atoms with Gasteiger partial charge in [0, 0.05) is 17.7 Å². The molecule has 0 fully saturated rings. The summed E-state index contributed by atoms with van der Waals surface area (Å²) in [4.78, 5) is 54.1. The number of aliphatic carboxylic acids is 2. The number of fused-ring (bicyclic) bond motifs is 1.